The summed E-state index contributed by atoms with van der Waals surface area (Å²) in [6, 6.07) is 7.44. The highest BCUT2D eigenvalue weighted by Crippen LogP contribution is 2.24. The summed E-state index contributed by atoms with van der Waals surface area (Å²) >= 11 is 0. The topological polar surface area (TPSA) is 49.4 Å². The van der Waals surface area contributed by atoms with Crippen LogP contribution in [0.2, 0.25) is 0 Å². The molecule has 0 aliphatic heterocycles. The van der Waals surface area contributed by atoms with E-state index in [-0.39, 0.29) is 5.41 Å². The molecule has 1 aromatic carbocycles. The molecule has 0 aromatic heterocycles. The summed E-state index contributed by atoms with van der Waals surface area (Å²) in [6.45, 7) is 7.80. The monoisotopic (exact) mass is 221 g/mol. The Hall–Kier alpha value is -1.51. The maximum atomic E-state index is 10.5. The number of rotatable bonds is 3. The number of carbonyl (C=O) groups excluding carboxylic acids is 1. The molecule has 0 aliphatic carbocycles. The summed E-state index contributed by atoms with van der Waals surface area (Å²) < 4.78 is 5.18. The summed E-state index contributed by atoms with van der Waals surface area (Å²) in [5.74, 6) is -0.662. The van der Waals surface area contributed by atoms with Gasteiger partial charge < -0.3 is 14.6 Å². The lowest BCUT2D eigenvalue weighted by Crippen LogP contribution is -2.37. The minimum atomic E-state index is -1.21. The molecule has 0 saturated heterocycles. The van der Waals surface area contributed by atoms with Gasteiger partial charge in [-0.1, -0.05) is 32.9 Å². The van der Waals surface area contributed by atoms with E-state index in [1.54, 1.807) is 12.1 Å². The smallest absolute Gasteiger partial charge is 0.135 e. The summed E-state index contributed by atoms with van der Waals surface area (Å²) in [4.78, 5) is 10.5. The Balaban J connectivity index is 2.76. The Kier molecular flexibility index (Phi) is 3.58. The zero-order valence-corrected chi connectivity index (χ0v) is 10.1. The van der Waals surface area contributed by atoms with E-state index in [0.29, 0.717) is 5.75 Å². The fourth-order valence-electron chi connectivity index (χ4n) is 1.29. The Morgan fingerprint density at radius 1 is 1.25 bits per heavy atom. The molecular formula is C13H17O3-. The van der Waals surface area contributed by atoms with Crippen LogP contribution in [0.25, 0.3) is 0 Å². The van der Waals surface area contributed by atoms with Crippen molar-refractivity contribution in [3.8, 4) is 5.75 Å². The third-order valence-electron chi connectivity index (χ3n) is 2.37. The van der Waals surface area contributed by atoms with E-state index in [0.717, 1.165) is 0 Å². The van der Waals surface area contributed by atoms with Crippen molar-refractivity contribution in [1.82, 2.24) is 0 Å². The van der Waals surface area contributed by atoms with Crippen LogP contribution in [-0.4, -0.2) is 12.1 Å². The van der Waals surface area contributed by atoms with Crippen LogP contribution in [0.3, 0.4) is 0 Å². The van der Waals surface area contributed by atoms with Crippen LogP contribution in [0.1, 0.15) is 33.3 Å². The molecule has 0 radical (unpaired) electrons. The lowest BCUT2D eigenvalue weighted by molar-refractivity contribution is -0.312. The lowest BCUT2D eigenvalue weighted by atomic mass is 9.87. The molecule has 1 aromatic rings. The standard InChI is InChI=1S/C13H18O3/c1-9(12(14)15)16-11-7-5-10(6-8-11)13(2,3)4/h5-9H,1-4H3,(H,14,15)/p-1/t9-/m0/s1. The van der Waals surface area contributed by atoms with Gasteiger partial charge in [-0.25, -0.2) is 0 Å². The molecule has 0 amide bonds. The maximum absolute atomic E-state index is 10.5. The molecule has 0 heterocycles. The molecule has 0 aliphatic rings. The Labute approximate surface area is 96.1 Å². The van der Waals surface area contributed by atoms with Gasteiger partial charge in [0.05, 0.1) is 5.97 Å². The average molecular weight is 221 g/mol. The molecule has 1 atom stereocenters. The fraction of sp³-hybridized carbons (Fsp3) is 0.462. The Morgan fingerprint density at radius 2 is 1.75 bits per heavy atom. The van der Waals surface area contributed by atoms with E-state index in [1.165, 1.54) is 12.5 Å². The first kappa shape index (κ1) is 12.6. The van der Waals surface area contributed by atoms with Crippen molar-refractivity contribution >= 4 is 5.97 Å². The van der Waals surface area contributed by atoms with Crippen molar-refractivity contribution in [1.29, 1.82) is 0 Å². The van der Waals surface area contributed by atoms with Gasteiger partial charge in [0.1, 0.15) is 11.9 Å². The largest absolute Gasteiger partial charge is 0.546 e. The maximum Gasteiger partial charge on any atom is 0.135 e. The van der Waals surface area contributed by atoms with Crippen molar-refractivity contribution in [3.05, 3.63) is 29.8 Å². The molecule has 3 nitrogen and oxygen atoms in total. The predicted molar refractivity (Wildman–Crippen MR) is 60.2 cm³/mol. The van der Waals surface area contributed by atoms with Crippen molar-refractivity contribution < 1.29 is 14.6 Å². The average Bonchev–Trinajstić information content (AvgIpc) is 2.17. The van der Waals surface area contributed by atoms with Gasteiger partial charge in [0.2, 0.25) is 0 Å². The molecule has 16 heavy (non-hydrogen) atoms. The van der Waals surface area contributed by atoms with Crippen molar-refractivity contribution in [2.45, 2.75) is 39.2 Å². The van der Waals surface area contributed by atoms with Crippen LogP contribution in [0.5, 0.6) is 5.75 Å². The molecule has 0 spiro atoms. The van der Waals surface area contributed by atoms with Crippen LogP contribution in [0.15, 0.2) is 24.3 Å². The summed E-state index contributed by atoms with van der Waals surface area (Å²) in [6.07, 6.45) is -0.930. The number of carbonyl (C=O) groups is 1. The SMILES string of the molecule is C[C@H](Oc1ccc(C(C)(C)C)cc1)C(=O)[O-]. The summed E-state index contributed by atoms with van der Waals surface area (Å²) in [7, 11) is 0. The molecule has 88 valence electrons. The Bertz CT molecular complexity index is 360. The molecule has 3 heteroatoms. The molecule has 1 rings (SSSR count). The first-order valence-corrected chi connectivity index (χ1v) is 5.29. The number of hydrogen-bond donors (Lipinski definition) is 0. The minimum absolute atomic E-state index is 0.0818. The van der Waals surface area contributed by atoms with Crippen LogP contribution in [0, 0.1) is 0 Å². The molecule has 0 unspecified atom stereocenters. The highest BCUT2D eigenvalue weighted by molar-refractivity contribution is 5.69. The highest BCUT2D eigenvalue weighted by Gasteiger charge is 2.13. The predicted octanol–water partition coefficient (Wildman–Crippen LogP) is 1.50. The molecular weight excluding hydrogens is 204 g/mol. The van der Waals surface area contributed by atoms with E-state index in [1.807, 2.05) is 12.1 Å². The molecule has 0 fully saturated rings. The van der Waals surface area contributed by atoms with Crippen LogP contribution in [-0.2, 0) is 10.2 Å². The van der Waals surface area contributed by atoms with Gasteiger partial charge in [-0.15, -0.1) is 0 Å². The van der Waals surface area contributed by atoms with Gasteiger partial charge in [-0.05, 0) is 30.0 Å². The summed E-state index contributed by atoms with van der Waals surface area (Å²) in [5.41, 5.74) is 1.26. The number of carboxylic acids is 1. The van der Waals surface area contributed by atoms with Crippen LogP contribution >= 0.6 is 0 Å². The van der Waals surface area contributed by atoms with Gasteiger partial charge in [0.25, 0.3) is 0 Å². The zero-order valence-electron chi connectivity index (χ0n) is 10.1. The van der Waals surface area contributed by atoms with E-state index in [2.05, 4.69) is 20.8 Å². The molecule has 0 N–H and O–H groups in total. The third kappa shape index (κ3) is 3.26. The normalized spacial score (nSPS) is 13.2. The molecule has 0 bridgehead atoms. The van der Waals surface area contributed by atoms with E-state index in [9.17, 15) is 9.90 Å². The number of aliphatic carboxylic acids is 1. The second kappa shape index (κ2) is 4.56. The zero-order chi connectivity index (χ0) is 12.3. The van der Waals surface area contributed by atoms with Crippen LogP contribution < -0.4 is 9.84 Å². The quantitative estimate of drug-likeness (QED) is 0.777. The first-order chi connectivity index (χ1) is 7.30. The minimum Gasteiger partial charge on any atom is -0.546 e. The number of benzene rings is 1. The number of ether oxygens (including phenoxy) is 1. The second-order valence-corrected chi connectivity index (χ2v) is 4.85. The summed E-state index contributed by atoms with van der Waals surface area (Å²) in [5, 5.41) is 10.5. The van der Waals surface area contributed by atoms with Gasteiger partial charge in [-0.3, -0.25) is 0 Å². The van der Waals surface area contributed by atoms with Gasteiger partial charge >= 0.3 is 0 Å². The van der Waals surface area contributed by atoms with Crippen molar-refractivity contribution in [2.75, 3.05) is 0 Å². The van der Waals surface area contributed by atoms with Crippen molar-refractivity contribution in [2.24, 2.45) is 0 Å². The lowest BCUT2D eigenvalue weighted by Gasteiger charge is -2.20. The van der Waals surface area contributed by atoms with Crippen molar-refractivity contribution in [3.63, 3.8) is 0 Å². The van der Waals surface area contributed by atoms with E-state index >= 15 is 0 Å². The Morgan fingerprint density at radius 3 is 2.12 bits per heavy atom. The molecule has 0 saturated carbocycles. The highest BCUT2D eigenvalue weighted by atomic mass is 16.5. The van der Waals surface area contributed by atoms with Gasteiger partial charge in [0, 0.05) is 0 Å². The van der Waals surface area contributed by atoms with Crippen LogP contribution in [0.4, 0.5) is 0 Å². The van der Waals surface area contributed by atoms with Gasteiger partial charge in [0.15, 0.2) is 0 Å². The van der Waals surface area contributed by atoms with Gasteiger partial charge in [-0.2, -0.15) is 0 Å². The fourth-order valence-corrected chi connectivity index (χ4v) is 1.29. The van der Waals surface area contributed by atoms with E-state index < -0.39 is 12.1 Å². The number of carboxylic acid groups (broad SMARTS) is 1. The first-order valence-electron chi connectivity index (χ1n) is 5.29. The second-order valence-electron chi connectivity index (χ2n) is 4.85. The third-order valence-corrected chi connectivity index (χ3v) is 2.37. The number of hydrogen-bond acceptors (Lipinski definition) is 3. The van der Waals surface area contributed by atoms with E-state index in [4.69, 9.17) is 4.74 Å².